The van der Waals surface area contributed by atoms with Crippen LogP contribution in [0.25, 0.3) is 22.0 Å². The third-order valence-corrected chi connectivity index (χ3v) is 16.5. The van der Waals surface area contributed by atoms with Gasteiger partial charge in [0.1, 0.15) is 30.4 Å². The van der Waals surface area contributed by atoms with Gasteiger partial charge in [-0.2, -0.15) is 45.3 Å². The normalized spacial score (nSPS) is 17.1. The van der Waals surface area contributed by atoms with Crippen LogP contribution in [-0.4, -0.2) is 93.7 Å². The van der Waals surface area contributed by atoms with Gasteiger partial charge in [0.25, 0.3) is 5.92 Å². The maximum atomic E-state index is 15.8. The number of sulfonamides is 1. The molecule has 3 aromatic heterocycles. The van der Waals surface area contributed by atoms with Gasteiger partial charge in [-0.3, -0.25) is 23.7 Å². The number of phosphoric acid groups is 1. The van der Waals surface area contributed by atoms with E-state index in [1.165, 1.54) is 26.0 Å². The van der Waals surface area contributed by atoms with Gasteiger partial charge in [-0.1, -0.05) is 37.6 Å². The quantitative estimate of drug-likeness (QED) is 0.0557. The molecule has 3 heterocycles. The Kier molecular flexibility index (Phi) is 15.5. The fourth-order valence-corrected chi connectivity index (χ4v) is 10.2. The SMILES string of the molecule is C[C@@H]1c2c(C(F)(F)F)nn(CC(=O)N[C@@H](Cc3cc(F)cc(F)c3)c3nc(CCC(C)(C)S(C)(=O)=O)ccc3-c3ccc(Cl)c4c(N(CCOP(=O)(O)O)S(C)(=O)=O)nn(CC(F)(F)F)c34)c2C(F)(F)[C@@H]1C. The molecule has 0 saturated heterocycles. The Bertz CT molecular complexity index is 3180. The predicted molar refractivity (Wildman–Crippen MR) is 241 cm³/mol. The molecule has 0 saturated carbocycles. The van der Waals surface area contributed by atoms with E-state index in [0.717, 1.165) is 44.4 Å². The minimum Gasteiger partial charge on any atom is -0.346 e. The third-order valence-electron chi connectivity index (χ3n) is 12.3. The number of halogens is 11. The summed E-state index contributed by atoms with van der Waals surface area (Å²) >= 11 is 6.61. The average molecular weight is 1110 g/mol. The van der Waals surface area contributed by atoms with Gasteiger partial charge in [0.2, 0.25) is 15.9 Å². The molecule has 3 atom stereocenters. The molecule has 0 spiro atoms. The number of sulfone groups is 1. The Balaban J connectivity index is 1.62. The van der Waals surface area contributed by atoms with E-state index in [1.807, 2.05) is 0 Å². The summed E-state index contributed by atoms with van der Waals surface area (Å²) in [6.45, 7) is -0.284. The van der Waals surface area contributed by atoms with Crippen LogP contribution in [0, 0.1) is 17.6 Å². The molecule has 3 N–H and O–H groups in total. The first-order valence-electron chi connectivity index (χ1n) is 21.2. The van der Waals surface area contributed by atoms with E-state index in [0.29, 0.717) is 21.3 Å². The lowest BCUT2D eigenvalue weighted by Gasteiger charge is -2.25. The number of hydrogen-bond donors (Lipinski definition) is 3. The number of alkyl halides is 8. The van der Waals surface area contributed by atoms with Crippen LogP contribution in [0.15, 0.2) is 42.5 Å². The standard InChI is InChI=1S/C42H45ClF10N7O9PS2/c1-21-22(2)41(49,50)37-32(21)36(42(51,52)53)56-58(37)19-31(61)55-30(17-23-15-24(44)18-25(45)16-23)34-27(8-7-26(54-34)11-12-39(3,4)71(5,65)66)28-9-10-29(43)33-35(28)59(20-40(46,47)48)57-38(33)60(72(6,67)68)13-14-69-70(62,63)64/h7-10,15-16,18,21-22,30H,11-14,17,19-20H2,1-6H3,(H,55,61)(H2,62,63,64)/t21-,22+,30-/m0/s1. The largest absolute Gasteiger partial charge is 0.469 e. The fourth-order valence-electron chi connectivity index (χ4n) is 8.29. The molecule has 0 aliphatic heterocycles. The van der Waals surface area contributed by atoms with Crippen molar-refractivity contribution in [3.05, 3.63) is 93.0 Å². The van der Waals surface area contributed by atoms with Gasteiger partial charge in [0.15, 0.2) is 21.3 Å². The van der Waals surface area contributed by atoms with Gasteiger partial charge < -0.3 is 15.1 Å². The molecule has 30 heteroatoms. The molecule has 0 fully saturated rings. The summed E-state index contributed by atoms with van der Waals surface area (Å²) in [5.41, 5.74) is -5.42. The predicted octanol–water partition coefficient (Wildman–Crippen LogP) is 8.38. The van der Waals surface area contributed by atoms with Crippen molar-refractivity contribution in [2.45, 2.75) is 95.0 Å². The van der Waals surface area contributed by atoms with Crippen molar-refractivity contribution in [3.63, 3.8) is 0 Å². The highest BCUT2D eigenvalue weighted by Gasteiger charge is 2.57. The van der Waals surface area contributed by atoms with Gasteiger partial charge in [0, 0.05) is 40.6 Å². The fraction of sp³-hybridized carbons (Fsp3) is 0.476. The molecule has 6 rings (SSSR count). The summed E-state index contributed by atoms with van der Waals surface area (Å²) in [7, 11) is -13.6. The average Bonchev–Trinajstić information content (AvgIpc) is 3.83. The van der Waals surface area contributed by atoms with E-state index in [-0.39, 0.29) is 45.6 Å². The van der Waals surface area contributed by atoms with Crippen molar-refractivity contribution in [3.8, 4) is 11.1 Å². The number of fused-ring (bicyclic) bond motifs is 2. The van der Waals surface area contributed by atoms with Crippen LogP contribution in [0.3, 0.4) is 0 Å². The van der Waals surface area contributed by atoms with Crippen LogP contribution in [-0.2, 0) is 71.8 Å². The first kappa shape index (κ1) is 56.4. The minimum absolute atomic E-state index is 0.0421. The smallest absolute Gasteiger partial charge is 0.346 e. The number of nitrogens with zero attached hydrogens (tertiary/aromatic N) is 6. The summed E-state index contributed by atoms with van der Waals surface area (Å²) in [5.74, 6) is -11.4. The van der Waals surface area contributed by atoms with E-state index in [1.54, 1.807) is 0 Å². The first-order valence-corrected chi connectivity index (χ1v) is 26.9. The lowest BCUT2D eigenvalue weighted by atomic mass is 9.93. The number of amides is 1. The van der Waals surface area contributed by atoms with Crippen LogP contribution in [0.2, 0.25) is 5.02 Å². The molecular formula is C42H45ClF10N7O9PS2. The zero-order valence-corrected chi connectivity index (χ0v) is 41.9. The number of aryl methyl sites for hydroxylation is 1. The lowest BCUT2D eigenvalue weighted by molar-refractivity contribution is -0.143. The zero-order chi connectivity index (χ0) is 54.1. The molecule has 396 valence electrons. The summed E-state index contributed by atoms with van der Waals surface area (Å²) in [6.07, 6.45) is -9.78. The van der Waals surface area contributed by atoms with Gasteiger partial charge in [-0.15, -0.1) is 0 Å². The van der Waals surface area contributed by atoms with Gasteiger partial charge >= 0.3 is 20.2 Å². The van der Waals surface area contributed by atoms with Gasteiger partial charge in [-0.25, -0.2) is 34.5 Å². The maximum Gasteiger partial charge on any atom is 0.469 e. The van der Waals surface area contributed by atoms with Gasteiger partial charge in [-0.05, 0) is 68.9 Å². The Morgan fingerprint density at radius 3 is 2.12 bits per heavy atom. The second-order valence-corrected chi connectivity index (χ2v) is 24.1. The monoisotopic (exact) mass is 1110 g/mol. The van der Waals surface area contributed by atoms with E-state index >= 15 is 8.78 Å². The lowest BCUT2D eigenvalue weighted by Crippen LogP contribution is -2.35. The Morgan fingerprint density at radius 2 is 1.57 bits per heavy atom. The Hall–Kier alpha value is -4.86. The van der Waals surface area contributed by atoms with Crippen molar-refractivity contribution >= 4 is 61.9 Å². The number of aromatic nitrogens is 5. The van der Waals surface area contributed by atoms with Gasteiger partial charge in [0.05, 0.1) is 51.8 Å². The van der Waals surface area contributed by atoms with E-state index in [4.69, 9.17) is 11.6 Å². The Morgan fingerprint density at radius 1 is 0.958 bits per heavy atom. The molecule has 0 unspecified atom stereocenters. The van der Waals surface area contributed by atoms with Crippen LogP contribution in [0.1, 0.15) is 80.0 Å². The molecular weight excluding hydrogens is 1070 g/mol. The van der Waals surface area contributed by atoms with Crippen LogP contribution in [0.4, 0.5) is 49.7 Å². The third kappa shape index (κ3) is 12.2. The summed E-state index contributed by atoms with van der Waals surface area (Å²) in [4.78, 5) is 37.4. The number of anilines is 1. The topological polar surface area (TPSA) is 216 Å². The summed E-state index contributed by atoms with van der Waals surface area (Å²) < 4.78 is 215. The van der Waals surface area contributed by atoms with E-state index in [2.05, 4.69) is 25.0 Å². The van der Waals surface area contributed by atoms with Crippen molar-refractivity contribution in [1.29, 1.82) is 0 Å². The van der Waals surface area contributed by atoms with Crippen LogP contribution < -0.4 is 9.62 Å². The minimum atomic E-state index is -5.26. The molecule has 72 heavy (non-hydrogen) atoms. The van der Waals surface area contributed by atoms with E-state index < -0.39 is 157 Å². The second-order valence-electron chi connectivity index (χ2n) is 17.9. The number of carbonyl (C=O) groups is 1. The molecule has 2 aromatic carbocycles. The Labute approximate surface area is 409 Å². The van der Waals surface area contributed by atoms with Crippen molar-refractivity contribution < 1.29 is 84.4 Å². The molecule has 1 aliphatic carbocycles. The number of nitrogens with one attached hydrogen (secondary N) is 1. The molecule has 16 nitrogen and oxygen atoms in total. The maximum absolute atomic E-state index is 15.8. The summed E-state index contributed by atoms with van der Waals surface area (Å²) in [6, 6.07) is 5.16. The highest BCUT2D eigenvalue weighted by Crippen LogP contribution is 2.55. The molecule has 5 aromatic rings. The van der Waals surface area contributed by atoms with Crippen molar-refractivity contribution in [2.75, 3.05) is 30.0 Å². The number of hydrogen-bond acceptors (Lipinski definition) is 10. The van der Waals surface area contributed by atoms with Crippen LogP contribution >= 0.6 is 19.4 Å². The number of rotatable bonds is 18. The van der Waals surface area contributed by atoms with E-state index in [9.17, 15) is 71.1 Å². The molecule has 0 bridgehead atoms. The summed E-state index contributed by atoms with van der Waals surface area (Å²) in [5, 5.41) is 8.86. The molecule has 1 amide bonds. The molecule has 0 radical (unpaired) electrons. The number of carbonyl (C=O) groups excluding carboxylic acids is 1. The number of pyridine rings is 1. The van der Waals surface area contributed by atoms with Crippen LogP contribution in [0.5, 0.6) is 0 Å². The van der Waals surface area contributed by atoms with Crippen molar-refractivity contribution in [1.82, 2.24) is 29.9 Å². The first-order chi connectivity index (χ1) is 32.8. The highest BCUT2D eigenvalue weighted by atomic mass is 35.5. The molecule has 1 aliphatic rings. The second kappa shape index (κ2) is 19.8. The van der Waals surface area contributed by atoms with Crippen molar-refractivity contribution in [2.24, 2.45) is 5.92 Å². The number of phosphoric ester groups is 1. The zero-order valence-electron chi connectivity index (χ0n) is 38.6. The highest BCUT2D eigenvalue weighted by molar-refractivity contribution is 7.92. The number of benzene rings is 2.